The molecule has 0 bridgehead atoms. The molecule has 0 aliphatic carbocycles. The Morgan fingerprint density at radius 2 is 2.21 bits per heavy atom. The minimum absolute atomic E-state index is 0.0787. The van der Waals surface area contributed by atoms with Crippen molar-refractivity contribution in [3.05, 3.63) is 33.1 Å². The van der Waals surface area contributed by atoms with Gasteiger partial charge in [-0.2, -0.15) is 0 Å². The van der Waals surface area contributed by atoms with Crippen LogP contribution in [0.2, 0.25) is 10.3 Å². The van der Waals surface area contributed by atoms with Crippen molar-refractivity contribution in [2.75, 3.05) is 13.2 Å². The quantitative estimate of drug-likeness (QED) is 0.796. The average Bonchev–Trinajstić information content (AvgIpc) is 2.77. The van der Waals surface area contributed by atoms with E-state index >= 15 is 0 Å². The van der Waals surface area contributed by atoms with E-state index in [0.29, 0.717) is 5.52 Å². The number of fused-ring (bicyclic) bond motifs is 1. The van der Waals surface area contributed by atoms with Crippen LogP contribution in [-0.4, -0.2) is 39.0 Å². The molecule has 8 heteroatoms. The molecule has 1 N–H and O–H groups in total. The van der Waals surface area contributed by atoms with Crippen molar-refractivity contribution in [3.8, 4) is 0 Å². The third-order valence-electron chi connectivity index (χ3n) is 3.07. The fourth-order valence-corrected chi connectivity index (χ4v) is 2.59. The summed E-state index contributed by atoms with van der Waals surface area (Å²) < 4.78 is 6.48. The summed E-state index contributed by atoms with van der Waals surface area (Å²) in [6, 6.07) is 0.965. The van der Waals surface area contributed by atoms with Gasteiger partial charge in [-0.1, -0.05) is 23.2 Å². The fraction of sp³-hybridized carbons (Fsp3) is 0.364. The van der Waals surface area contributed by atoms with Crippen LogP contribution in [0, 0.1) is 0 Å². The summed E-state index contributed by atoms with van der Waals surface area (Å²) in [6.07, 6.45) is 0.610. The van der Waals surface area contributed by atoms with E-state index in [1.807, 2.05) is 0 Å². The number of halogens is 2. The van der Waals surface area contributed by atoms with Gasteiger partial charge in [0.15, 0.2) is 5.15 Å². The van der Waals surface area contributed by atoms with Crippen molar-refractivity contribution in [2.24, 2.45) is 0 Å². The van der Waals surface area contributed by atoms with E-state index in [-0.39, 0.29) is 34.5 Å². The SMILES string of the molecule is O=c1c2cc(Cl)nc(Cl)c2ncn1C1COC[C@@H]1O. The lowest BCUT2D eigenvalue weighted by Gasteiger charge is -2.15. The zero-order valence-electron chi connectivity index (χ0n) is 9.58. The van der Waals surface area contributed by atoms with Gasteiger partial charge in [0.1, 0.15) is 16.8 Å². The number of nitrogens with zero attached hydrogens (tertiary/aromatic N) is 3. The van der Waals surface area contributed by atoms with Crippen molar-refractivity contribution in [2.45, 2.75) is 12.1 Å². The summed E-state index contributed by atoms with van der Waals surface area (Å²) in [5.74, 6) is 0. The van der Waals surface area contributed by atoms with E-state index in [1.54, 1.807) is 0 Å². The molecule has 1 fully saturated rings. The molecule has 0 radical (unpaired) electrons. The highest BCUT2D eigenvalue weighted by atomic mass is 35.5. The van der Waals surface area contributed by atoms with E-state index in [9.17, 15) is 9.90 Å². The van der Waals surface area contributed by atoms with Gasteiger partial charge in [-0.3, -0.25) is 9.36 Å². The van der Waals surface area contributed by atoms with Gasteiger partial charge in [0.05, 0.1) is 31.0 Å². The summed E-state index contributed by atoms with van der Waals surface area (Å²) in [5.41, 5.74) is -0.0357. The van der Waals surface area contributed by atoms with Crippen molar-refractivity contribution in [1.82, 2.24) is 14.5 Å². The van der Waals surface area contributed by atoms with Crippen LogP contribution < -0.4 is 5.56 Å². The largest absolute Gasteiger partial charge is 0.388 e. The van der Waals surface area contributed by atoms with Crippen LogP contribution in [0.4, 0.5) is 0 Å². The molecule has 1 aliphatic heterocycles. The first kappa shape index (κ1) is 12.8. The molecule has 2 aromatic heterocycles. The molecule has 0 aromatic carbocycles. The van der Waals surface area contributed by atoms with Gasteiger partial charge in [-0.15, -0.1) is 0 Å². The van der Waals surface area contributed by atoms with Crippen molar-refractivity contribution in [3.63, 3.8) is 0 Å². The number of hydrogen-bond acceptors (Lipinski definition) is 5. The van der Waals surface area contributed by atoms with E-state index < -0.39 is 12.1 Å². The van der Waals surface area contributed by atoms with Crippen molar-refractivity contribution in [1.29, 1.82) is 0 Å². The molecular formula is C11H9Cl2N3O3. The Bertz CT molecular complexity index is 703. The second-order valence-corrected chi connectivity index (χ2v) is 5.01. The van der Waals surface area contributed by atoms with Crippen LogP contribution in [0.3, 0.4) is 0 Å². The molecule has 0 spiro atoms. The summed E-state index contributed by atoms with van der Waals surface area (Å²) in [5, 5.41) is 10.2. The predicted octanol–water partition coefficient (Wildman–Crippen LogP) is 1.03. The molecule has 0 amide bonds. The number of pyridine rings is 1. The standard InChI is InChI=1S/C11H9Cl2N3O3/c12-8-1-5-9(10(13)15-8)14-4-16(11(5)18)6-2-19-3-7(6)17/h1,4,6-7,17H,2-3H2/t6?,7-/m0/s1. The number of ether oxygens (including phenoxy) is 1. The van der Waals surface area contributed by atoms with Crippen LogP contribution >= 0.6 is 23.2 Å². The Hall–Kier alpha value is -1.21. The molecule has 2 atom stereocenters. The maximum atomic E-state index is 12.4. The van der Waals surface area contributed by atoms with Gasteiger partial charge in [0, 0.05) is 0 Å². The van der Waals surface area contributed by atoms with Crippen molar-refractivity contribution < 1.29 is 9.84 Å². The zero-order chi connectivity index (χ0) is 13.6. The molecule has 0 saturated carbocycles. The third kappa shape index (κ3) is 2.10. The molecule has 100 valence electrons. The highest BCUT2D eigenvalue weighted by Crippen LogP contribution is 2.22. The van der Waals surface area contributed by atoms with Crippen LogP contribution in [0.25, 0.3) is 10.9 Å². The van der Waals surface area contributed by atoms with E-state index in [2.05, 4.69) is 9.97 Å². The highest BCUT2D eigenvalue weighted by Gasteiger charge is 2.29. The third-order valence-corrected chi connectivity index (χ3v) is 3.53. The molecule has 1 aliphatic rings. The Morgan fingerprint density at radius 1 is 1.42 bits per heavy atom. The molecule has 6 nitrogen and oxygen atoms in total. The average molecular weight is 302 g/mol. The topological polar surface area (TPSA) is 77.2 Å². The number of aliphatic hydroxyl groups excluding tert-OH is 1. The minimum atomic E-state index is -0.732. The van der Waals surface area contributed by atoms with Gasteiger partial charge >= 0.3 is 0 Å². The first-order chi connectivity index (χ1) is 9.08. The first-order valence-corrected chi connectivity index (χ1v) is 6.32. The molecule has 1 saturated heterocycles. The first-order valence-electron chi connectivity index (χ1n) is 5.56. The Kier molecular flexibility index (Phi) is 3.18. The summed E-state index contributed by atoms with van der Waals surface area (Å²) in [6.45, 7) is 0.466. The van der Waals surface area contributed by atoms with Crippen molar-refractivity contribution >= 4 is 34.1 Å². The lowest BCUT2D eigenvalue weighted by atomic mass is 10.2. The lowest BCUT2D eigenvalue weighted by molar-refractivity contribution is 0.119. The van der Waals surface area contributed by atoms with Gasteiger partial charge in [0.25, 0.3) is 5.56 Å². The van der Waals surface area contributed by atoms with E-state index in [0.717, 1.165) is 0 Å². The molecule has 2 aromatic rings. The molecular weight excluding hydrogens is 293 g/mol. The van der Waals surface area contributed by atoms with Crippen LogP contribution in [0.15, 0.2) is 17.2 Å². The van der Waals surface area contributed by atoms with Crippen LogP contribution in [-0.2, 0) is 4.74 Å². The Balaban J connectivity index is 2.23. The van der Waals surface area contributed by atoms with Crippen LogP contribution in [0.1, 0.15) is 6.04 Å². The summed E-state index contributed by atoms with van der Waals surface area (Å²) in [7, 11) is 0. The lowest BCUT2D eigenvalue weighted by Crippen LogP contribution is -2.31. The second-order valence-electron chi connectivity index (χ2n) is 4.26. The Morgan fingerprint density at radius 3 is 2.89 bits per heavy atom. The minimum Gasteiger partial charge on any atom is -0.388 e. The number of aliphatic hydroxyl groups is 1. The maximum absolute atomic E-state index is 12.4. The molecule has 3 heterocycles. The molecule has 3 rings (SSSR count). The second kappa shape index (κ2) is 4.72. The number of hydrogen-bond donors (Lipinski definition) is 1. The summed E-state index contributed by atoms with van der Waals surface area (Å²) >= 11 is 11.7. The number of rotatable bonds is 1. The van der Waals surface area contributed by atoms with Crippen LogP contribution in [0.5, 0.6) is 0 Å². The monoisotopic (exact) mass is 301 g/mol. The molecule has 19 heavy (non-hydrogen) atoms. The molecule has 1 unspecified atom stereocenters. The predicted molar refractivity (Wildman–Crippen MR) is 69.7 cm³/mol. The normalized spacial score (nSPS) is 23.1. The van der Waals surface area contributed by atoms with Gasteiger partial charge in [-0.05, 0) is 6.07 Å². The highest BCUT2D eigenvalue weighted by molar-refractivity contribution is 6.36. The Labute approximate surface area is 117 Å². The van der Waals surface area contributed by atoms with E-state index in [1.165, 1.54) is 17.0 Å². The van der Waals surface area contributed by atoms with E-state index in [4.69, 9.17) is 27.9 Å². The van der Waals surface area contributed by atoms with Gasteiger partial charge < -0.3 is 9.84 Å². The zero-order valence-corrected chi connectivity index (χ0v) is 11.1. The summed E-state index contributed by atoms with van der Waals surface area (Å²) in [4.78, 5) is 20.3. The number of aromatic nitrogens is 3. The maximum Gasteiger partial charge on any atom is 0.261 e. The van der Waals surface area contributed by atoms with Gasteiger partial charge in [0.2, 0.25) is 0 Å². The fourth-order valence-electron chi connectivity index (χ4n) is 2.11. The smallest absolute Gasteiger partial charge is 0.261 e. The van der Waals surface area contributed by atoms with Gasteiger partial charge in [-0.25, -0.2) is 9.97 Å².